The van der Waals surface area contributed by atoms with E-state index in [0.29, 0.717) is 59.6 Å². The predicted molar refractivity (Wildman–Crippen MR) is 170 cm³/mol. The van der Waals surface area contributed by atoms with Crippen molar-refractivity contribution in [2.24, 2.45) is 0 Å². The van der Waals surface area contributed by atoms with Crippen LogP contribution in [-0.4, -0.2) is 72.8 Å². The number of anilines is 1. The minimum atomic E-state index is -0.640. The molecule has 11 nitrogen and oxygen atoms in total. The third-order valence-corrected chi connectivity index (χ3v) is 8.84. The fourth-order valence-corrected chi connectivity index (χ4v) is 6.62. The maximum absolute atomic E-state index is 17.0. The van der Waals surface area contributed by atoms with Crippen LogP contribution in [-0.2, 0) is 4.79 Å². The number of hydrogen-bond acceptors (Lipinski definition) is 8. The molecule has 6 heterocycles. The van der Waals surface area contributed by atoms with Gasteiger partial charge in [0.15, 0.2) is 17.2 Å². The molecule has 0 spiro atoms. The van der Waals surface area contributed by atoms with Gasteiger partial charge in [-0.1, -0.05) is 26.5 Å². The van der Waals surface area contributed by atoms with Gasteiger partial charge < -0.3 is 14.5 Å². The highest BCUT2D eigenvalue weighted by molar-refractivity contribution is 6.00. The van der Waals surface area contributed by atoms with Crippen molar-refractivity contribution in [1.29, 1.82) is 0 Å². The number of pyridine rings is 2. The normalized spacial score (nSPS) is 16.4. The number of hydrogen-bond donors (Lipinski definition) is 1. The molecule has 1 aromatic carbocycles. The SMILES string of the molecule is C=CC(=O)N1CCN2c3nc(=O)n(-c4c(C)ccnc4C(C)C)c4nc(-c5c(C)ccc6[nH]ncc56)c(F)c(c34)OCCC2C1. The minimum Gasteiger partial charge on any atom is -0.489 e. The van der Waals surface area contributed by atoms with Gasteiger partial charge in [0, 0.05) is 43.2 Å². The van der Waals surface area contributed by atoms with Gasteiger partial charge >= 0.3 is 5.69 Å². The molecule has 0 radical (unpaired) electrons. The van der Waals surface area contributed by atoms with Gasteiger partial charge in [-0.05, 0) is 49.1 Å². The van der Waals surface area contributed by atoms with Crippen LogP contribution in [0.3, 0.4) is 0 Å². The van der Waals surface area contributed by atoms with Gasteiger partial charge in [0.25, 0.3) is 0 Å². The first-order valence-electron chi connectivity index (χ1n) is 15.1. The molecule has 1 fully saturated rings. The summed E-state index contributed by atoms with van der Waals surface area (Å²) in [7, 11) is 0. The highest BCUT2D eigenvalue weighted by Gasteiger charge is 2.36. The van der Waals surface area contributed by atoms with Gasteiger partial charge in [-0.2, -0.15) is 10.1 Å². The van der Waals surface area contributed by atoms with E-state index < -0.39 is 11.5 Å². The van der Waals surface area contributed by atoms with Gasteiger partial charge in [0.05, 0.1) is 35.7 Å². The van der Waals surface area contributed by atoms with E-state index in [2.05, 4.69) is 26.7 Å². The Morgan fingerprint density at radius 3 is 2.78 bits per heavy atom. The van der Waals surface area contributed by atoms with E-state index in [4.69, 9.17) is 9.72 Å². The van der Waals surface area contributed by atoms with Crippen molar-refractivity contribution >= 4 is 33.7 Å². The average molecular weight is 609 g/mol. The number of H-pyrrole nitrogens is 1. The number of aromatic nitrogens is 6. The number of amides is 1. The minimum absolute atomic E-state index is 0.0122. The number of halogens is 1. The van der Waals surface area contributed by atoms with Crippen molar-refractivity contribution in [2.75, 3.05) is 31.1 Å². The molecular formula is C33H33FN8O3. The number of piperazine rings is 1. The fourth-order valence-electron chi connectivity index (χ4n) is 6.62. The van der Waals surface area contributed by atoms with Crippen molar-refractivity contribution in [1.82, 2.24) is 34.6 Å². The Hall–Kier alpha value is -5.13. The van der Waals surface area contributed by atoms with E-state index in [1.54, 1.807) is 17.3 Å². The Kier molecular flexibility index (Phi) is 6.87. The van der Waals surface area contributed by atoms with Crippen LogP contribution in [0.15, 0.2) is 48.0 Å². The molecule has 12 heteroatoms. The molecule has 1 saturated heterocycles. The lowest BCUT2D eigenvalue weighted by Gasteiger charge is -2.43. The van der Waals surface area contributed by atoms with E-state index in [0.717, 1.165) is 16.6 Å². The van der Waals surface area contributed by atoms with E-state index in [9.17, 15) is 9.59 Å². The molecule has 1 atom stereocenters. The summed E-state index contributed by atoms with van der Waals surface area (Å²) in [6.45, 7) is 12.8. The van der Waals surface area contributed by atoms with Crippen LogP contribution in [0.1, 0.15) is 43.0 Å². The first-order valence-corrected chi connectivity index (χ1v) is 15.1. The lowest BCUT2D eigenvalue weighted by molar-refractivity contribution is -0.126. The van der Waals surface area contributed by atoms with Gasteiger partial charge in [0.1, 0.15) is 16.9 Å². The molecule has 2 aliphatic rings. The molecular weight excluding hydrogens is 575 g/mol. The zero-order chi connectivity index (χ0) is 31.6. The van der Waals surface area contributed by atoms with Crippen LogP contribution < -0.4 is 15.3 Å². The second-order valence-corrected chi connectivity index (χ2v) is 11.9. The number of aromatic amines is 1. The van der Waals surface area contributed by atoms with Crippen LogP contribution >= 0.6 is 0 Å². The molecule has 1 amide bonds. The second kappa shape index (κ2) is 10.8. The predicted octanol–water partition coefficient (Wildman–Crippen LogP) is 4.58. The molecule has 0 bridgehead atoms. The standard InChI is InChI=1S/C33H33FN8O3/c1-6-23(43)40-12-13-41-20(16-40)10-14-45-30-25-31(41)38-33(44)42(29-19(5)9-11-35-27(29)17(2)3)32(25)37-28(26(30)34)24-18(4)7-8-22-21(24)15-36-39-22/h6-9,11,15,17,20H,1,10,12-14,16H2,2-5H3,(H,36,39). The van der Waals surface area contributed by atoms with Crippen molar-refractivity contribution in [2.45, 2.75) is 46.1 Å². The van der Waals surface area contributed by atoms with Crippen LogP contribution in [0.25, 0.3) is 38.9 Å². The molecule has 4 aromatic heterocycles. The van der Waals surface area contributed by atoms with E-state index in [1.807, 2.05) is 50.8 Å². The van der Waals surface area contributed by atoms with E-state index in [1.165, 1.54) is 10.6 Å². The smallest absolute Gasteiger partial charge is 0.355 e. The van der Waals surface area contributed by atoms with Crippen molar-refractivity contribution in [3.8, 4) is 22.7 Å². The van der Waals surface area contributed by atoms with Crippen molar-refractivity contribution in [3.05, 3.63) is 76.4 Å². The third kappa shape index (κ3) is 4.46. The number of nitrogens with one attached hydrogen (secondary N) is 1. The third-order valence-electron chi connectivity index (χ3n) is 8.84. The summed E-state index contributed by atoms with van der Waals surface area (Å²) in [5, 5.41) is 8.15. The molecule has 0 aliphatic carbocycles. The van der Waals surface area contributed by atoms with Crippen LogP contribution in [0.2, 0.25) is 0 Å². The summed E-state index contributed by atoms with van der Waals surface area (Å²) in [6, 6.07) is 5.39. The summed E-state index contributed by atoms with van der Waals surface area (Å²) in [5.41, 5.74) is 3.85. The first-order chi connectivity index (χ1) is 21.7. The Morgan fingerprint density at radius 2 is 2.00 bits per heavy atom. The number of benzene rings is 1. The largest absolute Gasteiger partial charge is 0.489 e. The summed E-state index contributed by atoms with van der Waals surface area (Å²) in [4.78, 5) is 44.7. The van der Waals surface area contributed by atoms with Crippen LogP contribution in [0.5, 0.6) is 5.75 Å². The molecule has 1 unspecified atom stereocenters. The molecule has 1 N–H and O–H groups in total. The van der Waals surface area contributed by atoms with Gasteiger partial charge in [0.2, 0.25) is 5.91 Å². The van der Waals surface area contributed by atoms with Crippen LogP contribution in [0.4, 0.5) is 10.2 Å². The summed E-state index contributed by atoms with van der Waals surface area (Å²) in [5.74, 6) is -0.556. The van der Waals surface area contributed by atoms with E-state index in [-0.39, 0.29) is 41.6 Å². The number of carbonyl (C=O) groups excluding carboxylic acids is 1. The number of ether oxygens (including phenoxy) is 1. The lowest BCUT2D eigenvalue weighted by atomic mass is 9.99. The molecule has 230 valence electrons. The fraction of sp³-hybridized carbons (Fsp3) is 0.333. The Morgan fingerprint density at radius 1 is 1.18 bits per heavy atom. The zero-order valence-corrected chi connectivity index (χ0v) is 25.6. The monoisotopic (exact) mass is 608 g/mol. The molecule has 45 heavy (non-hydrogen) atoms. The molecule has 7 rings (SSSR count). The van der Waals surface area contributed by atoms with E-state index >= 15 is 4.39 Å². The maximum Gasteiger partial charge on any atom is 0.355 e. The maximum atomic E-state index is 17.0. The first kappa shape index (κ1) is 28.6. The Bertz CT molecular complexity index is 2080. The van der Waals surface area contributed by atoms with Crippen molar-refractivity contribution < 1.29 is 13.9 Å². The number of carbonyl (C=O) groups is 1. The topological polar surface area (TPSA) is 122 Å². The van der Waals surface area contributed by atoms with Gasteiger partial charge in [-0.15, -0.1) is 0 Å². The highest BCUT2D eigenvalue weighted by Crippen LogP contribution is 2.43. The number of fused-ring (bicyclic) bond motifs is 3. The average Bonchev–Trinajstić information content (AvgIpc) is 3.49. The van der Waals surface area contributed by atoms with Gasteiger partial charge in [-0.3, -0.25) is 14.9 Å². The Balaban J connectivity index is 1.59. The van der Waals surface area contributed by atoms with Crippen molar-refractivity contribution in [3.63, 3.8) is 0 Å². The number of aryl methyl sites for hydroxylation is 2. The zero-order valence-electron chi connectivity index (χ0n) is 25.6. The second-order valence-electron chi connectivity index (χ2n) is 11.9. The molecule has 5 aromatic rings. The number of nitrogens with zero attached hydrogens (tertiary/aromatic N) is 7. The number of rotatable bonds is 4. The lowest BCUT2D eigenvalue weighted by Crippen LogP contribution is -2.56. The highest BCUT2D eigenvalue weighted by atomic mass is 19.1. The Labute approximate surface area is 258 Å². The quantitative estimate of drug-likeness (QED) is 0.294. The molecule has 0 saturated carbocycles. The van der Waals surface area contributed by atoms with Crippen LogP contribution in [0, 0.1) is 19.7 Å². The summed E-state index contributed by atoms with van der Waals surface area (Å²) < 4.78 is 24.7. The summed E-state index contributed by atoms with van der Waals surface area (Å²) >= 11 is 0. The van der Waals surface area contributed by atoms with Gasteiger partial charge in [-0.25, -0.2) is 18.7 Å². The molecule has 2 aliphatic heterocycles. The summed E-state index contributed by atoms with van der Waals surface area (Å²) in [6.07, 6.45) is 5.15.